The molecule has 0 aliphatic carbocycles. The summed E-state index contributed by atoms with van der Waals surface area (Å²) in [5.74, 6) is 0. The summed E-state index contributed by atoms with van der Waals surface area (Å²) < 4.78 is 90.8. The third-order valence-corrected chi connectivity index (χ3v) is 21.9. The largest absolute Gasteiger partial charge is 0.499 e. The van der Waals surface area contributed by atoms with Crippen LogP contribution in [0.1, 0.15) is 6.42 Å². The van der Waals surface area contributed by atoms with Crippen molar-refractivity contribution in [2.45, 2.75) is 61.3 Å². The summed E-state index contributed by atoms with van der Waals surface area (Å²) in [6, 6.07) is 3.45. The van der Waals surface area contributed by atoms with Crippen LogP contribution in [0.25, 0.3) is 0 Å². The average Bonchev–Trinajstić information content (AvgIpc) is 2.90. The van der Waals surface area contributed by atoms with Crippen LogP contribution in [-0.2, 0) is 39.8 Å². The highest BCUT2D eigenvalue weighted by Gasteiger charge is 2.48. The summed E-state index contributed by atoms with van der Waals surface area (Å²) in [6.07, 6.45) is -5.50. The second-order valence-electron chi connectivity index (χ2n) is 8.28. The molecule has 0 aliphatic rings. The molecule has 0 aromatic carbocycles. The van der Waals surface area contributed by atoms with Gasteiger partial charge in [0.15, 0.2) is 6.17 Å². The molecule has 0 saturated carbocycles. The highest BCUT2D eigenvalue weighted by Crippen LogP contribution is 2.39. The summed E-state index contributed by atoms with van der Waals surface area (Å²) in [5, 5.41) is 0. The standard InChI is InChI=1S/C19H45F3O9Si4/c1-23-33(24-2,25-3)15-12-32(11-10-18(20)19(21)22,13-16-34(26-4,27-5)28-6)14-17-35(29-7,30-8)31-9/h18-19H,10-17H2,1-9H3. The van der Waals surface area contributed by atoms with Gasteiger partial charge in [0, 0.05) is 82.1 Å². The molecular weight excluding hydrogens is 542 g/mol. The van der Waals surface area contributed by atoms with Crippen LogP contribution in [0.15, 0.2) is 0 Å². The molecule has 16 heteroatoms. The molecular formula is C19H45F3O9Si4. The zero-order valence-corrected chi connectivity index (χ0v) is 26.6. The fraction of sp³-hybridized carbons (Fsp3) is 1.00. The van der Waals surface area contributed by atoms with Crippen LogP contribution in [0.4, 0.5) is 13.2 Å². The first-order valence-corrected chi connectivity index (χ1v) is 20.0. The molecule has 0 aliphatic heterocycles. The molecule has 0 saturated heterocycles. The zero-order valence-electron chi connectivity index (χ0n) is 22.6. The second-order valence-corrected chi connectivity index (χ2v) is 22.5. The van der Waals surface area contributed by atoms with Gasteiger partial charge in [0.25, 0.3) is 6.43 Å². The Labute approximate surface area is 212 Å². The lowest BCUT2D eigenvalue weighted by molar-refractivity contribution is 0.0479. The van der Waals surface area contributed by atoms with Gasteiger partial charge in [0.05, 0.1) is 8.07 Å². The molecule has 0 aromatic heterocycles. The number of halogens is 3. The summed E-state index contributed by atoms with van der Waals surface area (Å²) in [7, 11) is 2.20. The molecule has 0 rings (SSSR count). The van der Waals surface area contributed by atoms with E-state index in [0.29, 0.717) is 42.3 Å². The Morgan fingerprint density at radius 2 is 0.686 bits per heavy atom. The van der Waals surface area contributed by atoms with Crippen LogP contribution in [-0.4, -0.2) is 111 Å². The summed E-state index contributed by atoms with van der Waals surface area (Å²) in [4.78, 5) is 0. The van der Waals surface area contributed by atoms with Gasteiger partial charge in [-0.1, -0.05) is 24.2 Å². The van der Waals surface area contributed by atoms with Gasteiger partial charge < -0.3 is 39.8 Å². The highest BCUT2D eigenvalue weighted by atomic mass is 28.4. The molecule has 212 valence electrons. The van der Waals surface area contributed by atoms with E-state index in [1.807, 2.05) is 0 Å². The Hall–Kier alpha value is 0.298. The Bertz CT molecular complexity index is 473. The fourth-order valence-corrected chi connectivity index (χ4v) is 20.0. The Morgan fingerprint density at radius 3 is 0.886 bits per heavy atom. The topological polar surface area (TPSA) is 83.1 Å². The lowest BCUT2D eigenvalue weighted by Gasteiger charge is -2.38. The number of rotatable bonds is 22. The average molecular weight is 587 g/mol. The van der Waals surface area contributed by atoms with Crippen molar-refractivity contribution in [3.63, 3.8) is 0 Å². The van der Waals surface area contributed by atoms with Crippen LogP contribution in [0.5, 0.6) is 0 Å². The molecule has 0 fully saturated rings. The maximum absolute atomic E-state index is 14.2. The van der Waals surface area contributed by atoms with E-state index in [1.165, 1.54) is 64.0 Å². The molecule has 0 spiro atoms. The van der Waals surface area contributed by atoms with Crippen molar-refractivity contribution < 1.29 is 53.0 Å². The molecule has 0 radical (unpaired) electrons. The Kier molecular flexibility index (Phi) is 17.1. The van der Waals surface area contributed by atoms with E-state index < -0.39 is 47.1 Å². The summed E-state index contributed by atoms with van der Waals surface area (Å²) >= 11 is 0. The van der Waals surface area contributed by atoms with Gasteiger partial charge in [-0.3, -0.25) is 0 Å². The van der Waals surface area contributed by atoms with Crippen molar-refractivity contribution in [2.75, 3.05) is 64.0 Å². The smallest absolute Gasteiger partial charge is 0.377 e. The number of alkyl halides is 3. The van der Waals surface area contributed by atoms with E-state index in [2.05, 4.69) is 0 Å². The third-order valence-electron chi connectivity index (χ3n) is 6.91. The van der Waals surface area contributed by atoms with Crippen LogP contribution in [0, 0.1) is 0 Å². The van der Waals surface area contributed by atoms with Crippen LogP contribution >= 0.6 is 0 Å². The van der Waals surface area contributed by atoms with Gasteiger partial charge in [-0.05, 0) is 6.42 Å². The van der Waals surface area contributed by atoms with Crippen LogP contribution in [0.3, 0.4) is 0 Å². The third kappa shape index (κ3) is 10.5. The molecule has 1 atom stereocenters. The van der Waals surface area contributed by atoms with Crippen molar-refractivity contribution in [3.05, 3.63) is 0 Å². The van der Waals surface area contributed by atoms with Gasteiger partial charge in [-0.15, -0.1) is 0 Å². The van der Waals surface area contributed by atoms with E-state index in [0.717, 1.165) is 0 Å². The first-order valence-electron chi connectivity index (χ1n) is 11.4. The van der Waals surface area contributed by atoms with Crippen molar-refractivity contribution in [1.29, 1.82) is 0 Å². The molecule has 9 nitrogen and oxygen atoms in total. The van der Waals surface area contributed by atoms with Crippen molar-refractivity contribution in [1.82, 2.24) is 0 Å². The van der Waals surface area contributed by atoms with E-state index in [9.17, 15) is 13.2 Å². The minimum absolute atomic E-state index is 0.256. The predicted molar refractivity (Wildman–Crippen MR) is 135 cm³/mol. The van der Waals surface area contributed by atoms with Gasteiger partial charge in [0.1, 0.15) is 0 Å². The van der Waals surface area contributed by atoms with E-state index in [4.69, 9.17) is 39.8 Å². The molecule has 0 N–H and O–H groups in total. The lowest BCUT2D eigenvalue weighted by atomic mass is 10.3. The quantitative estimate of drug-likeness (QED) is 0.174. The molecule has 0 bridgehead atoms. The van der Waals surface area contributed by atoms with E-state index in [-0.39, 0.29) is 6.42 Å². The highest BCUT2D eigenvalue weighted by molar-refractivity contribution is 6.83. The molecule has 35 heavy (non-hydrogen) atoms. The van der Waals surface area contributed by atoms with Gasteiger partial charge in [-0.2, -0.15) is 0 Å². The Balaban J connectivity index is 6.26. The van der Waals surface area contributed by atoms with Gasteiger partial charge >= 0.3 is 26.4 Å². The van der Waals surface area contributed by atoms with Crippen molar-refractivity contribution in [2.24, 2.45) is 0 Å². The van der Waals surface area contributed by atoms with E-state index in [1.54, 1.807) is 0 Å². The number of hydrogen-bond donors (Lipinski definition) is 0. The minimum atomic E-state index is -3.04. The monoisotopic (exact) mass is 586 g/mol. The van der Waals surface area contributed by atoms with Crippen LogP contribution in [0.2, 0.25) is 42.3 Å². The molecule has 1 unspecified atom stereocenters. The fourth-order valence-electron chi connectivity index (χ4n) is 4.24. The maximum Gasteiger partial charge on any atom is 0.499 e. The lowest BCUT2D eigenvalue weighted by Crippen LogP contribution is -2.50. The zero-order chi connectivity index (χ0) is 27.2. The first kappa shape index (κ1) is 35.3. The normalized spacial score (nSPS) is 14.7. The molecule has 0 amide bonds. The van der Waals surface area contributed by atoms with Gasteiger partial charge in [-0.25, -0.2) is 13.2 Å². The Morgan fingerprint density at radius 1 is 0.429 bits per heavy atom. The van der Waals surface area contributed by atoms with Crippen molar-refractivity contribution in [3.8, 4) is 0 Å². The van der Waals surface area contributed by atoms with Crippen LogP contribution < -0.4 is 0 Å². The minimum Gasteiger partial charge on any atom is -0.377 e. The number of hydrogen-bond acceptors (Lipinski definition) is 9. The maximum atomic E-state index is 14.2. The first-order chi connectivity index (χ1) is 16.5. The van der Waals surface area contributed by atoms with Gasteiger partial charge in [0.2, 0.25) is 0 Å². The molecule has 0 aromatic rings. The SMILES string of the molecule is CO[Si](CC[Si](CCC(F)C(F)F)(CC[Si](OC)(OC)OC)CC[Si](OC)(OC)OC)(OC)OC. The van der Waals surface area contributed by atoms with Crippen molar-refractivity contribution >= 4 is 34.5 Å². The summed E-state index contributed by atoms with van der Waals surface area (Å²) in [6.45, 7) is 0. The second kappa shape index (κ2) is 17.0. The van der Waals surface area contributed by atoms with E-state index >= 15 is 0 Å². The predicted octanol–water partition coefficient (Wildman–Crippen LogP) is 4.06. The molecule has 0 heterocycles. The summed E-state index contributed by atoms with van der Waals surface area (Å²) in [5.41, 5.74) is 0.